The number of piperazine rings is 1. The molecule has 1 aromatic carbocycles. The van der Waals surface area contributed by atoms with Gasteiger partial charge in [0.2, 0.25) is 0 Å². The van der Waals surface area contributed by atoms with Crippen molar-refractivity contribution >= 4 is 58.3 Å². The number of carbonyl (C=O) groups is 2. The molecule has 0 aliphatic carbocycles. The van der Waals surface area contributed by atoms with Gasteiger partial charge in [0, 0.05) is 48.1 Å². The van der Waals surface area contributed by atoms with E-state index < -0.39 is 5.97 Å². The lowest BCUT2D eigenvalue weighted by Crippen LogP contribution is -2.50. The van der Waals surface area contributed by atoms with Gasteiger partial charge in [-0.1, -0.05) is 34.8 Å². The van der Waals surface area contributed by atoms with E-state index in [-0.39, 0.29) is 12.6 Å². The van der Waals surface area contributed by atoms with E-state index in [2.05, 4.69) is 10.3 Å². The summed E-state index contributed by atoms with van der Waals surface area (Å²) >= 11 is 18.2. The van der Waals surface area contributed by atoms with Gasteiger partial charge < -0.3 is 19.9 Å². The number of benzene rings is 1. The molecule has 0 radical (unpaired) electrons. The van der Waals surface area contributed by atoms with E-state index in [0.29, 0.717) is 58.3 Å². The molecule has 1 aromatic heterocycles. The van der Waals surface area contributed by atoms with Crippen molar-refractivity contribution < 1.29 is 14.3 Å². The third kappa shape index (κ3) is 5.44. The summed E-state index contributed by atoms with van der Waals surface area (Å²) in [7, 11) is 0. The van der Waals surface area contributed by atoms with Crippen LogP contribution < -0.4 is 10.2 Å². The molecular weight excluding hydrogens is 439 g/mol. The average Bonchev–Trinajstić information content (AvgIpc) is 2.67. The molecule has 29 heavy (non-hydrogen) atoms. The van der Waals surface area contributed by atoms with Gasteiger partial charge in [-0.05, 0) is 31.2 Å². The highest BCUT2D eigenvalue weighted by Gasteiger charge is 2.24. The van der Waals surface area contributed by atoms with E-state index in [0.717, 1.165) is 0 Å². The number of halogens is 3. The molecule has 0 unspecified atom stereocenters. The van der Waals surface area contributed by atoms with Gasteiger partial charge in [0.05, 0.1) is 17.2 Å². The third-order valence-corrected chi connectivity index (χ3v) is 5.03. The first-order valence-corrected chi connectivity index (χ1v) is 10.1. The number of rotatable bonds is 4. The maximum absolute atomic E-state index is 12.5. The van der Waals surface area contributed by atoms with Gasteiger partial charge in [-0.2, -0.15) is 0 Å². The summed E-state index contributed by atoms with van der Waals surface area (Å²) in [6, 6.07) is 6.18. The first-order valence-electron chi connectivity index (χ1n) is 8.97. The molecule has 2 amide bonds. The van der Waals surface area contributed by atoms with Gasteiger partial charge in [0.25, 0.3) is 0 Å². The van der Waals surface area contributed by atoms with Gasteiger partial charge in [0.15, 0.2) is 0 Å². The first-order chi connectivity index (χ1) is 13.9. The fourth-order valence-corrected chi connectivity index (χ4v) is 3.75. The van der Waals surface area contributed by atoms with Crippen molar-refractivity contribution in [3.05, 3.63) is 51.1 Å². The number of urea groups is 1. The standard InChI is InChI=1S/C19H19Cl3N4O3/c1-2-29-18(27)12-7-16(22)17(23-11-12)25-3-5-26(6-4-25)19(28)24-15-9-13(20)8-14(21)10-15/h7-11H,2-6H2,1H3,(H,24,28). The maximum Gasteiger partial charge on any atom is 0.339 e. The predicted octanol–water partition coefficient (Wildman–Crippen LogP) is 4.57. The summed E-state index contributed by atoms with van der Waals surface area (Å²) in [5.74, 6) is 0.109. The molecule has 1 fully saturated rings. The van der Waals surface area contributed by atoms with Crippen molar-refractivity contribution in [1.29, 1.82) is 0 Å². The third-order valence-electron chi connectivity index (χ3n) is 4.31. The van der Waals surface area contributed by atoms with Crippen LogP contribution in [-0.2, 0) is 4.74 Å². The Morgan fingerprint density at radius 1 is 1.07 bits per heavy atom. The zero-order valence-corrected chi connectivity index (χ0v) is 17.9. The summed E-state index contributed by atoms with van der Waals surface area (Å²) in [4.78, 5) is 32.3. The van der Waals surface area contributed by atoms with Crippen LogP contribution in [-0.4, -0.2) is 54.7 Å². The molecule has 1 aliphatic rings. The Hall–Kier alpha value is -2.22. The average molecular weight is 458 g/mol. The highest BCUT2D eigenvalue weighted by atomic mass is 35.5. The molecule has 3 rings (SSSR count). The number of nitrogens with one attached hydrogen (secondary N) is 1. The van der Waals surface area contributed by atoms with Crippen molar-refractivity contribution in [1.82, 2.24) is 9.88 Å². The number of amides is 2. The molecule has 0 spiro atoms. The summed E-state index contributed by atoms with van der Waals surface area (Å²) in [6.07, 6.45) is 1.45. The van der Waals surface area contributed by atoms with Crippen molar-refractivity contribution in [2.45, 2.75) is 6.92 Å². The second kappa shape index (κ2) is 9.52. The summed E-state index contributed by atoms with van der Waals surface area (Å²) < 4.78 is 4.95. The number of nitrogens with zero attached hydrogens (tertiary/aromatic N) is 3. The number of esters is 1. The van der Waals surface area contributed by atoms with E-state index in [1.807, 2.05) is 4.90 Å². The molecule has 0 saturated carbocycles. The summed E-state index contributed by atoms with van der Waals surface area (Å²) in [5.41, 5.74) is 0.841. The van der Waals surface area contributed by atoms with Crippen LogP contribution in [0.15, 0.2) is 30.5 Å². The number of carbonyl (C=O) groups excluding carboxylic acids is 2. The Labute approximate surface area is 183 Å². The Morgan fingerprint density at radius 2 is 1.72 bits per heavy atom. The number of ether oxygens (including phenoxy) is 1. The van der Waals surface area contributed by atoms with Gasteiger partial charge >= 0.3 is 12.0 Å². The number of hydrogen-bond acceptors (Lipinski definition) is 5. The second-order valence-electron chi connectivity index (χ2n) is 6.31. The largest absolute Gasteiger partial charge is 0.462 e. The van der Waals surface area contributed by atoms with E-state index in [1.165, 1.54) is 6.20 Å². The lowest BCUT2D eigenvalue weighted by molar-refractivity contribution is 0.0526. The number of anilines is 2. The smallest absolute Gasteiger partial charge is 0.339 e. The summed E-state index contributed by atoms with van der Waals surface area (Å²) in [5, 5.41) is 4.06. The zero-order chi connectivity index (χ0) is 21.0. The van der Waals surface area contributed by atoms with Crippen LogP contribution in [0.25, 0.3) is 0 Å². The molecular formula is C19H19Cl3N4O3. The van der Waals surface area contributed by atoms with Crippen molar-refractivity contribution in [3.63, 3.8) is 0 Å². The van der Waals surface area contributed by atoms with Gasteiger partial charge in [-0.3, -0.25) is 0 Å². The number of aromatic nitrogens is 1. The Balaban J connectivity index is 1.60. The quantitative estimate of drug-likeness (QED) is 0.681. The van der Waals surface area contributed by atoms with E-state index in [9.17, 15) is 9.59 Å². The molecule has 1 aliphatic heterocycles. The molecule has 2 aromatic rings. The van der Waals surface area contributed by atoms with Crippen LogP contribution in [0.1, 0.15) is 17.3 Å². The van der Waals surface area contributed by atoms with Crippen LogP contribution in [0.3, 0.4) is 0 Å². The van der Waals surface area contributed by atoms with E-state index in [1.54, 1.807) is 36.1 Å². The van der Waals surface area contributed by atoms with Crippen LogP contribution in [0.5, 0.6) is 0 Å². The minimum atomic E-state index is -0.462. The predicted molar refractivity (Wildman–Crippen MR) is 114 cm³/mol. The fraction of sp³-hybridized carbons (Fsp3) is 0.316. The number of hydrogen-bond donors (Lipinski definition) is 1. The Morgan fingerprint density at radius 3 is 2.31 bits per heavy atom. The van der Waals surface area contributed by atoms with E-state index in [4.69, 9.17) is 39.5 Å². The van der Waals surface area contributed by atoms with Crippen LogP contribution in [0, 0.1) is 0 Å². The lowest BCUT2D eigenvalue weighted by Gasteiger charge is -2.35. The molecule has 2 heterocycles. The zero-order valence-electron chi connectivity index (χ0n) is 15.6. The molecule has 0 bridgehead atoms. The normalized spacial score (nSPS) is 13.9. The Bertz CT molecular complexity index is 897. The van der Waals surface area contributed by atoms with Crippen molar-refractivity contribution in [2.75, 3.05) is 43.0 Å². The van der Waals surface area contributed by atoms with E-state index >= 15 is 0 Å². The second-order valence-corrected chi connectivity index (χ2v) is 7.59. The highest BCUT2D eigenvalue weighted by molar-refractivity contribution is 6.35. The fourth-order valence-electron chi connectivity index (χ4n) is 2.94. The highest BCUT2D eigenvalue weighted by Crippen LogP contribution is 2.26. The van der Waals surface area contributed by atoms with Gasteiger partial charge in [-0.15, -0.1) is 0 Å². The van der Waals surface area contributed by atoms with Gasteiger partial charge in [-0.25, -0.2) is 14.6 Å². The topological polar surface area (TPSA) is 74.8 Å². The Kier molecular flexibility index (Phi) is 7.05. The first kappa shape index (κ1) is 21.5. The molecule has 0 atom stereocenters. The molecule has 154 valence electrons. The minimum Gasteiger partial charge on any atom is -0.462 e. The maximum atomic E-state index is 12.5. The monoisotopic (exact) mass is 456 g/mol. The number of pyridine rings is 1. The summed E-state index contributed by atoms with van der Waals surface area (Å²) in [6.45, 7) is 4.08. The molecule has 1 saturated heterocycles. The minimum absolute atomic E-state index is 0.236. The van der Waals surface area contributed by atoms with Crippen molar-refractivity contribution in [3.8, 4) is 0 Å². The van der Waals surface area contributed by atoms with Gasteiger partial charge in [0.1, 0.15) is 5.82 Å². The SMILES string of the molecule is CCOC(=O)c1cnc(N2CCN(C(=O)Nc3cc(Cl)cc(Cl)c3)CC2)c(Cl)c1. The molecule has 1 N–H and O–H groups in total. The van der Waals surface area contributed by atoms with Crippen molar-refractivity contribution in [2.24, 2.45) is 0 Å². The lowest BCUT2D eigenvalue weighted by atomic mass is 10.2. The molecule has 10 heteroatoms. The van der Waals surface area contributed by atoms with Crippen LogP contribution >= 0.6 is 34.8 Å². The van der Waals surface area contributed by atoms with Crippen LogP contribution in [0.4, 0.5) is 16.3 Å². The van der Waals surface area contributed by atoms with Crippen LogP contribution in [0.2, 0.25) is 15.1 Å². The molecule has 7 nitrogen and oxygen atoms in total.